The third-order valence-corrected chi connectivity index (χ3v) is 3.93. The number of halogens is 1. The second-order valence-electron chi connectivity index (χ2n) is 2.33. The van der Waals surface area contributed by atoms with Crippen molar-refractivity contribution < 1.29 is 23.0 Å². The highest BCUT2D eigenvalue weighted by Gasteiger charge is 2.22. The highest BCUT2D eigenvalue weighted by molar-refractivity contribution is 8.23. The van der Waals surface area contributed by atoms with E-state index in [1.54, 1.807) is 0 Å². The molecule has 1 heterocycles. The first kappa shape index (κ1) is 11.4. The Morgan fingerprint density at radius 3 is 2.64 bits per heavy atom. The Kier molecular flexibility index (Phi) is 3.12. The predicted molar refractivity (Wildman–Crippen MR) is 50.9 cm³/mol. The zero-order chi connectivity index (χ0) is 10.9. The highest BCUT2D eigenvalue weighted by Crippen LogP contribution is 2.46. The molecule has 0 atom stereocenters. The average Bonchev–Trinajstić information content (AvgIpc) is 2.45. The maximum absolute atomic E-state index is 13.0. The molecule has 0 fully saturated rings. The van der Waals surface area contributed by atoms with Crippen molar-refractivity contribution >= 4 is 28.1 Å². The van der Waals surface area contributed by atoms with Gasteiger partial charge in [0.2, 0.25) is 0 Å². The summed E-state index contributed by atoms with van der Waals surface area (Å²) in [6.07, 6.45) is 0. The molecule has 14 heavy (non-hydrogen) atoms. The molecule has 0 aliphatic carbocycles. The lowest BCUT2D eigenvalue weighted by Gasteiger charge is -2.23. The Bertz CT molecular complexity index is 359. The number of hydrogen-bond donors (Lipinski definition) is 3. The maximum Gasteiger partial charge on any atom is 0.348 e. The van der Waals surface area contributed by atoms with Gasteiger partial charge in [0.05, 0.1) is 7.11 Å². The molecule has 5 nitrogen and oxygen atoms in total. The quantitative estimate of drug-likeness (QED) is 0.685. The van der Waals surface area contributed by atoms with Gasteiger partial charge in [-0.1, -0.05) is 0 Å². The van der Waals surface area contributed by atoms with Crippen LogP contribution in [0.4, 0.5) is 4.39 Å². The number of rotatable bonds is 2. The fourth-order valence-electron chi connectivity index (χ4n) is 0.758. The van der Waals surface area contributed by atoms with E-state index in [-0.39, 0.29) is 4.88 Å². The molecule has 4 N–H and O–H groups in total. The van der Waals surface area contributed by atoms with Crippen molar-refractivity contribution in [2.24, 2.45) is 5.14 Å². The topological polar surface area (TPSA) is 92.8 Å². The summed E-state index contributed by atoms with van der Waals surface area (Å²) >= 11 is 0.562. The van der Waals surface area contributed by atoms with Gasteiger partial charge in [0, 0.05) is 6.07 Å². The largest absolute Gasteiger partial charge is 0.465 e. The molecule has 0 spiro atoms. The molecule has 0 saturated heterocycles. The Balaban J connectivity index is 3.12. The Hall–Kier alpha value is -0.670. The predicted octanol–water partition coefficient (Wildman–Crippen LogP) is 1.66. The molecule has 0 unspecified atom stereocenters. The van der Waals surface area contributed by atoms with E-state index in [4.69, 9.17) is 14.2 Å². The number of hydrogen-bond acceptors (Lipinski definition) is 6. The van der Waals surface area contributed by atoms with Crippen LogP contribution in [-0.4, -0.2) is 22.2 Å². The Labute approximate surface area is 84.8 Å². The number of thiophene rings is 1. The summed E-state index contributed by atoms with van der Waals surface area (Å²) in [5, 5.41) is 4.93. The van der Waals surface area contributed by atoms with Crippen LogP contribution in [0.2, 0.25) is 0 Å². The number of ether oxygens (including phenoxy) is 1. The monoisotopic (exact) mass is 241 g/mol. The van der Waals surface area contributed by atoms with Crippen molar-refractivity contribution in [1.29, 1.82) is 0 Å². The molecule has 1 rings (SSSR count). The number of nitrogens with two attached hydrogens (primary N) is 1. The van der Waals surface area contributed by atoms with Crippen molar-refractivity contribution in [3.8, 4) is 0 Å². The van der Waals surface area contributed by atoms with Gasteiger partial charge in [0.1, 0.15) is 4.88 Å². The van der Waals surface area contributed by atoms with E-state index in [2.05, 4.69) is 4.74 Å². The molecule has 0 aromatic carbocycles. The molecule has 80 valence electrons. The number of methoxy groups -OCH3 is 1. The molecule has 0 bridgehead atoms. The van der Waals surface area contributed by atoms with Crippen LogP contribution in [0.1, 0.15) is 9.67 Å². The Morgan fingerprint density at radius 2 is 2.29 bits per heavy atom. The second-order valence-corrected chi connectivity index (χ2v) is 5.24. The average molecular weight is 241 g/mol. The van der Waals surface area contributed by atoms with Crippen LogP contribution >= 0.6 is 22.1 Å². The zero-order valence-electron chi connectivity index (χ0n) is 7.06. The summed E-state index contributed by atoms with van der Waals surface area (Å²) < 4.78 is 34.9. The highest BCUT2D eigenvalue weighted by atomic mass is 32.3. The number of carbonyl (C=O) groups is 1. The second kappa shape index (κ2) is 3.83. The zero-order valence-corrected chi connectivity index (χ0v) is 8.69. The molecule has 0 aliphatic rings. The summed E-state index contributed by atoms with van der Waals surface area (Å²) in [5.41, 5.74) is 0. The summed E-state index contributed by atoms with van der Waals surface area (Å²) in [6, 6.07) is 0.854. The molecular weight excluding hydrogens is 233 g/mol. The van der Waals surface area contributed by atoms with Gasteiger partial charge in [-0.2, -0.15) is 0 Å². The normalized spacial score (nSPS) is 12.6. The van der Waals surface area contributed by atoms with Gasteiger partial charge in [-0.05, 0) is 0 Å². The van der Waals surface area contributed by atoms with Gasteiger partial charge in [-0.15, -0.1) is 22.1 Å². The van der Waals surface area contributed by atoms with Gasteiger partial charge >= 0.3 is 5.97 Å². The van der Waals surface area contributed by atoms with Crippen LogP contribution in [0, 0.1) is 5.82 Å². The Morgan fingerprint density at radius 1 is 1.71 bits per heavy atom. The fraction of sp³-hybridized carbons (Fsp3) is 0.167. The van der Waals surface area contributed by atoms with Gasteiger partial charge in [0.15, 0.2) is 10.0 Å². The lowest BCUT2D eigenvalue weighted by Crippen LogP contribution is -2.07. The smallest absolute Gasteiger partial charge is 0.348 e. The van der Waals surface area contributed by atoms with Gasteiger partial charge < -0.3 is 4.74 Å². The van der Waals surface area contributed by atoms with Crippen LogP contribution < -0.4 is 5.14 Å². The lowest BCUT2D eigenvalue weighted by atomic mass is 10.5. The number of esters is 1. The molecule has 0 saturated carbocycles. The van der Waals surface area contributed by atoms with E-state index in [1.807, 2.05) is 0 Å². The maximum atomic E-state index is 13.0. The first-order valence-electron chi connectivity index (χ1n) is 3.30. The molecular formula is C6H8FNO4S2. The number of carbonyl (C=O) groups excluding carboxylic acids is 1. The molecule has 0 aliphatic heterocycles. The SMILES string of the molecule is COC(=O)c1cc(F)c(S(N)(O)O)s1. The van der Waals surface area contributed by atoms with E-state index in [9.17, 15) is 9.18 Å². The minimum absolute atomic E-state index is 0.0644. The van der Waals surface area contributed by atoms with E-state index in [0.717, 1.165) is 13.2 Å². The van der Waals surface area contributed by atoms with Crippen LogP contribution in [-0.2, 0) is 4.74 Å². The summed E-state index contributed by atoms with van der Waals surface area (Å²) in [6.45, 7) is 0. The van der Waals surface area contributed by atoms with E-state index >= 15 is 0 Å². The van der Waals surface area contributed by atoms with Gasteiger partial charge in [-0.25, -0.2) is 14.3 Å². The van der Waals surface area contributed by atoms with Crippen LogP contribution in [0.3, 0.4) is 0 Å². The molecule has 1 aromatic heterocycles. The van der Waals surface area contributed by atoms with Gasteiger partial charge in [-0.3, -0.25) is 9.11 Å². The molecule has 8 heteroatoms. The van der Waals surface area contributed by atoms with Crippen molar-refractivity contribution in [1.82, 2.24) is 0 Å². The minimum Gasteiger partial charge on any atom is -0.465 e. The first-order valence-corrected chi connectivity index (χ1v) is 5.72. The van der Waals surface area contributed by atoms with Crippen molar-refractivity contribution in [2.75, 3.05) is 7.11 Å². The minimum atomic E-state index is -3.62. The summed E-state index contributed by atoms with van der Waals surface area (Å²) in [7, 11) is -2.48. The fourth-order valence-corrected chi connectivity index (χ4v) is 2.55. The first-order chi connectivity index (χ1) is 6.36. The standard InChI is InChI=1S/C6H8FNO4S2/c1-12-5(9)4-2-3(7)6(13-4)14(8,10)11/h2,10-11H,8H2,1H3. The molecule has 0 radical (unpaired) electrons. The van der Waals surface area contributed by atoms with E-state index in [0.29, 0.717) is 11.3 Å². The van der Waals surface area contributed by atoms with Crippen molar-refractivity contribution in [3.63, 3.8) is 0 Å². The van der Waals surface area contributed by atoms with Crippen LogP contribution in [0.5, 0.6) is 0 Å². The van der Waals surface area contributed by atoms with Crippen molar-refractivity contribution in [3.05, 3.63) is 16.8 Å². The van der Waals surface area contributed by atoms with Crippen molar-refractivity contribution in [2.45, 2.75) is 4.21 Å². The van der Waals surface area contributed by atoms with Crippen LogP contribution in [0.25, 0.3) is 0 Å². The third kappa shape index (κ3) is 2.22. The van der Waals surface area contributed by atoms with E-state index < -0.39 is 26.8 Å². The molecule has 0 amide bonds. The molecule has 1 aromatic rings. The van der Waals surface area contributed by atoms with Crippen LogP contribution in [0.15, 0.2) is 10.3 Å². The van der Waals surface area contributed by atoms with Gasteiger partial charge in [0.25, 0.3) is 0 Å². The third-order valence-electron chi connectivity index (χ3n) is 1.31. The summed E-state index contributed by atoms with van der Waals surface area (Å²) in [5.74, 6) is -1.67. The van der Waals surface area contributed by atoms with E-state index in [1.165, 1.54) is 0 Å². The lowest BCUT2D eigenvalue weighted by molar-refractivity contribution is 0.0606. The summed E-state index contributed by atoms with van der Waals surface area (Å²) in [4.78, 5) is 10.9.